The first-order valence-electron chi connectivity index (χ1n) is 8.10. The monoisotopic (exact) mass is 392 g/mol. The van der Waals surface area contributed by atoms with Crippen molar-refractivity contribution in [3.8, 4) is 0 Å². The smallest absolute Gasteiger partial charge is 0.266 e. The lowest BCUT2D eigenvalue weighted by molar-refractivity contribution is -0.131. The number of pyridine rings is 1. The number of carbonyl (C=O) groups excluding carboxylic acids is 2. The second kappa shape index (κ2) is 7.55. The molecule has 8 heteroatoms. The lowest BCUT2D eigenvalue weighted by atomic mass is 9.95. The molecule has 6 nitrogen and oxygen atoms in total. The number of ketones is 1. The minimum Gasteiger partial charge on any atom is -0.298 e. The first kappa shape index (κ1) is 18.5. The summed E-state index contributed by atoms with van der Waals surface area (Å²) in [6.45, 7) is -0.434. The number of carbonyl (C=O) groups is 2. The van der Waals surface area contributed by atoms with Crippen LogP contribution in [0.4, 0.5) is 0 Å². The third-order valence-electron chi connectivity index (χ3n) is 4.32. The Balaban J connectivity index is 1.92. The van der Waals surface area contributed by atoms with E-state index in [1.165, 1.54) is 24.3 Å². The molecule has 26 heavy (non-hydrogen) atoms. The van der Waals surface area contributed by atoms with Gasteiger partial charge in [0, 0.05) is 29.8 Å². The maximum absolute atomic E-state index is 12.9. The highest BCUT2D eigenvalue weighted by molar-refractivity contribution is 7.89. The molecule has 0 radical (unpaired) electrons. The van der Waals surface area contributed by atoms with Crippen LogP contribution in [0.15, 0.2) is 53.7 Å². The van der Waals surface area contributed by atoms with E-state index in [0.717, 1.165) is 5.56 Å². The number of amides is 1. The van der Waals surface area contributed by atoms with Gasteiger partial charge >= 0.3 is 0 Å². The number of rotatable bonds is 4. The van der Waals surface area contributed by atoms with Crippen molar-refractivity contribution < 1.29 is 18.0 Å². The van der Waals surface area contributed by atoms with Crippen LogP contribution in [0.5, 0.6) is 0 Å². The number of hydrogen-bond donors (Lipinski definition) is 0. The molecular formula is C18H17ClN2O4S. The molecule has 1 unspecified atom stereocenters. The normalized spacial score (nSPS) is 18.7. The predicted octanol–water partition coefficient (Wildman–Crippen LogP) is 2.47. The summed E-state index contributed by atoms with van der Waals surface area (Å²) in [6, 6.07) is 9.09. The number of halogens is 1. The SMILES string of the molecule is O=C1CCC(Cc2ccncc2)C(=O)N(S(=O)(=O)c2ccc(Cl)cc2)C1. The second-order valence-electron chi connectivity index (χ2n) is 6.14. The highest BCUT2D eigenvalue weighted by Crippen LogP contribution is 2.26. The Kier molecular flexibility index (Phi) is 5.38. The molecule has 0 spiro atoms. The summed E-state index contributed by atoms with van der Waals surface area (Å²) < 4.78 is 26.5. The van der Waals surface area contributed by atoms with Crippen LogP contribution in [0.3, 0.4) is 0 Å². The van der Waals surface area contributed by atoms with Crippen molar-refractivity contribution in [3.63, 3.8) is 0 Å². The maximum atomic E-state index is 12.9. The van der Waals surface area contributed by atoms with Crippen molar-refractivity contribution >= 4 is 33.3 Å². The molecular weight excluding hydrogens is 376 g/mol. The minimum absolute atomic E-state index is 0.0624. The van der Waals surface area contributed by atoms with E-state index in [4.69, 9.17) is 11.6 Å². The molecule has 2 heterocycles. The Hall–Kier alpha value is -2.25. The van der Waals surface area contributed by atoms with E-state index in [2.05, 4.69) is 4.98 Å². The van der Waals surface area contributed by atoms with Crippen LogP contribution in [-0.4, -0.2) is 35.9 Å². The Labute approximate surface area is 156 Å². The molecule has 1 aromatic heterocycles. The van der Waals surface area contributed by atoms with Crippen molar-refractivity contribution in [1.29, 1.82) is 0 Å². The van der Waals surface area contributed by atoms with Gasteiger partial charge in [-0.05, 0) is 54.8 Å². The fourth-order valence-corrected chi connectivity index (χ4v) is 4.47. The van der Waals surface area contributed by atoms with Gasteiger partial charge in [0.05, 0.1) is 11.4 Å². The molecule has 1 saturated heterocycles. The van der Waals surface area contributed by atoms with Crippen molar-refractivity contribution in [1.82, 2.24) is 9.29 Å². The molecule has 1 aromatic carbocycles. The predicted molar refractivity (Wildman–Crippen MR) is 96.0 cm³/mol. The van der Waals surface area contributed by atoms with E-state index >= 15 is 0 Å². The number of aromatic nitrogens is 1. The van der Waals surface area contributed by atoms with Gasteiger partial charge in [0.15, 0.2) is 5.78 Å². The zero-order valence-corrected chi connectivity index (χ0v) is 15.4. The average Bonchev–Trinajstić information content (AvgIpc) is 2.77. The molecule has 1 aliphatic rings. The molecule has 1 aliphatic heterocycles. The van der Waals surface area contributed by atoms with Gasteiger partial charge < -0.3 is 0 Å². The second-order valence-corrected chi connectivity index (χ2v) is 8.44. The minimum atomic E-state index is -4.12. The van der Waals surface area contributed by atoms with E-state index in [0.29, 0.717) is 22.2 Å². The molecule has 0 aliphatic carbocycles. The van der Waals surface area contributed by atoms with Crippen LogP contribution in [-0.2, 0) is 26.0 Å². The quantitative estimate of drug-likeness (QED) is 0.798. The Morgan fingerprint density at radius 1 is 1.08 bits per heavy atom. The van der Waals surface area contributed by atoms with Crippen LogP contribution in [0.1, 0.15) is 18.4 Å². The summed E-state index contributed by atoms with van der Waals surface area (Å²) in [7, 11) is -4.12. The number of nitrogens with zero attached hydrogens (tertiary/aromatic N) is 2. The van der Waals surface area contributed by atoms with Crippen molar-refractivity contribution in [2.24, 2.45) is 5.92 Å². The fourth-order valence-electron chi connectivity index (χ4n) is 2.91. The van der Waals surface area contributed by atoms with Crippen LogP contribution in [0.25, 0.3) is 0 Å². The van der Waals surface area contributed by atoms with Crippen LogP contribution in [0.2, 0.25) is 5.02 Å². The highest BCUT2D eigenvalue weighted by Gasteiger charge is 2.37. The number of hydrogen-bond acceptors (Lipinski definition) is 5. The molecule has 1 fully saturated rings. The van der Waals surface area contributed by atoms with E-state index in [1.807, 2.05) is 0 Å². The molecule has 3 rings (SSSR count). The third kappa shape index (κ3) is 3.94. The van der Waals surface area contributed by atoms with Gasteiger partial charge in [-0.3, -0.25) is 14.6 Å². The summed E-state index contributed by atoms with van der Waals surface area (Å²) in [5, 5.41) is 0.387. The van der Waals surface area contributed by atoms with Crippen molar-refractivity contribution in [2.75, 3.05) is 6.54 Å². The van der Waals surface area contributed by atoms with E-state index in [9.17, 15) is 18.0 Å². The first-order chi connectivity index (χ1) is 12.4. The standard InChI is InChI=1S/C18H17ClN2O4S/c19-15-2-5-17(6-3-15)26(24,25)21-12-16(22)4-1-14(18(21)23)11-13-7-9-20-10-8-13/h2-3,5-10,14H,1,4,11-12H2. The lowest BCUT2D eigenvalue weighted by Gasteiger charge is -2.23. The summed E-state index contributed by atoms with van der Waals surface area (Å²) in [5.74, 6) is -1.40. The Morgan fingerprint density at radius 2 is 1.73 bits per heavy atom. The summed E-state index contributed by atoms with van der Waals surface area (Å²) in [6.07, 6.45) is 4.09. The fraction of sp³-hybridized carbons (Fsp3) is 0.278. The topological polar surface area (TPSA) is 84.4 Å². The van der Waals surface area contributed by atoms with Crippen LogP contribution >= 0.6 is 11.6 Å². The van der Waals surface area contributed by atoms with Crippen LogP contribution < -0.4 is 0 Å². The summed E-state index contributed by atoms with van der Waals surface area (Å²) >= 11 is 5.80. The van der Waals surface area contributed by atoms with E-state index in [-0.39, 0.29) is 17.1 Å². The molecule has 2 aromatic rings. The third-order valence-corrected chi connectivity index (χ3v) is 6.33. The van der Waals surface area contributed by atoms with Gasteiger partial charge in [0.1, 0.15) is 0 Å². The largest absolute Gasteiger partial charge is 0.298 e. The van der Waals surface area contributed by atoms with Gasteiger partial charge in [-0.1, -0.05) is 11.6 Å². The van der Waals surface area contributed by atoms with E-state index in [1.54, 1.807) is 24.5 Å². The van der Waals surface area contributed by atoms with Crippen molar-refractivity contribution in [3.05, 3.63) is 59.4 Å². The van der Waals surface area contributed by atoms with Crippen LogP contribution in [0, 0.1) is 5.92 Å². The molecule has 1 atom stereocenters. The Morgan fingerprint density at radius 3 is 2.38 bits per heavy atom. The molecule has 0 saturated carbocycles. The number of Topliss-reactive ketones (excluding diaryl/α,β-unsaturated/α-hetero) is 1. The van der Waals surface area contributed by atoms with Gasteiger partial charge in [-0.15, -0.1) is 0 Å². The van der Waals surface area contributed by atoms with Gasteiger partial charge in [0.25, 0.3) is 10.0 Å². The summed E-state index contributed by atoms with van der Waals surface area (Å²) in [5.41, 5.74) is 0.872. The molecule has 0 N–H and O–H groups in total. The zero-order chi connectivity index (χ0) is 18.7. The number of benzene rings is 1. The lowest BCUT2D eigenvalue weighted by Crippen LogP contribution is -2.42. The van der Waals surface area contributed by atoms with Gasteiger partial charge in [-0.2, -0.15) is 0 Å². The van der Waals surface area contributed by atoms with Crippen molar-refractivity contribution in [2.45, 2.75) is 24.2 Å². The van der Waals surface area contributed by atoms with Gasteiger partial charge in [-0.25, -0.2) is 12.7 Å². The summed E-state index contributed by atoms with van der Waals surface area (Å²) in [4.78, 5) is 28.9. The van der Waals surface area contributed by atoms with Gasteiger partial charge in [0.2, 0.25) is 5.91 Å². The maximum Gasteiger partial charge on any atom is 0.266 e. The average molecular weight is 393 g/mol. The van der Waals surface area contributed by atoms with E-state index < -0.39 is 28.4 Å². The highest BCUT2D eigenvalue weighted by atomic mass is 35.5. The molecule has 0 bridgehead atoms. The first-order valence-corrected chi connectivity index (χ1v) is 9.92. The number of sulfonamides is 1. The molecule has 136 valence electrons. The zero-order valence-electron chi connectivity index (χ0n) is 13.8. The molecule has 1 amide bonds. The Bertz CT molecular complexity index is 914.